The van der Waals surface area contributed by atoms with E-state index in [1.165, 1.54) is 0 Å². The number of rotatable bonds is 3. The minimum absolute atomic E-state index is 0.651. The zero-order chi connectivity index (χ0) is 13.9. The minimum atomic E-state index is 0.651. The summed E-state index contributed by atoms with van der Waals surface area (Å²) in [5.41, 5.74) is 0.818. The van der Waals surface area contributed by atoms with Crippen LogP contribution in [0.4, 0.5) is 5.82 Å². The van der Waals surface area contributed by atoms with Crippen LogP contribution in [0.3, 0.4) is 0 Å². The van der Waals surface area contributed by atoms with E-state index < -0.39 is 0 Å². The summed E-state index contributed by atoms with van der Waals surface area (Å²) in [5.74, 6) is 1.51. The van der Waals surface area contributed by atoms with E-state index in [-0.39, 0.29) is 0 Å². The molecule has 0 saturated carbocycles. The van der Waals surface area contributed by atoms with Gasteiger partial charge in [0.25, 0.3) is 0 Å². The summed E-state index contributed by atoms with van der Waals surface area (Å²) in [7, 11) is 0. The molecule has 0 fully saturated rings. The van der Waals surface area contributed by atoms with Gasteiger partial charge in [0, 0.05) is 24.3 Å². The number of fused-ring (bicyclic) bond motifs is 1. The van der Waals surface area contributed by atoms with Crippen molar-refractivity contribution >= 4 is 39.2 Å². The third kappa shape index (κ3) is 2.45. The number of pyridine rings is 1. The molecule has 0 aliphatic carbocycles. The van der Waals surface area contributed by atoms with Crippen LogP contribution in [0.5, 0.6) is 0 Å². The fourth-order valence-corrected chi connectivity index (χ4v) is 2.52. The number of nitrogens with zero attached hydrogens (tertiary/aromatic N) is 3. The van der Waals surface area contributed by atoms with E-state index in [1.54, 1.807) is 6.20 Å². The summed E-state index contributed by atoms with van der Waals surface area (Å²) in [6.45, 7) is 2.88. The fraction of sp³-hybridized carbons (Fsp3) is 0.133. The topological polar surface area (TPSA) is 50.7 Å². The van der Waals surface area contributed by atoms with Gasteiger partial charge in [-0.1, -0.05) is 24.3 Å². The minimum Gasteiger partial charge on any atom is -0.369 e. The summed E-state index contributed by atoms with van der Waals surface area (Å²) < 4.78 is 1.01. The highest BCUT2D eigenvalue weighted by molar-refractivity contribution is 14.1. The van der Waals surface area contributed by atoms with E-state index in [2.05, 4.69) is 48.9 Å². The van der Waals surface area contributed by atoms with Gasteiger partial charge >= 0.3 is 0 Å². The standard InChI is InChI=1S/C15H13IN4/c1-2-17-14-12(16)9-19-15(20-14)13-11-6-4-3-5-10(11)7-8-18-13/h3-9H,2H2,1H3,(H,17,19,20). The Morgan fingerprint density at radius 1 is 1.15 bits per heavy atom. The Labute approximate surface area is 130 Å². The monoisotopic (exact) mass is 376 g/mol. The van der Waals surface area contributed by atoms with Crippen LogP contribution in [0.2, 0.25) is 0 Å². The molecule has 2 heterocycles. The van der Waals surface area contributed by atoms with Crippen molar-refractivity contribution in [2.75, 3.05) is 11.9 Å². The molecule has 0 bridgehead atoms. The summed E-state index contributed by atoms with van der Waals surface area (Å²) in [6.07, 6.45) is 3.62. The first-order valence-corrected chi connectivity index (χ1v) is 7.48. The molecule has 0 atom stereocenters. The summed E-state index contributed by atoms with van der Waals surface area (Å²) >= 11 is 2.23. The third-order valence-electron chi connectivity index (χ3n) is 2.97. The van der Waals surface area contributed by atoms with Crippen LogP contribution >= 0.6 is 22.6 Å². The van der Waals surface area contributed by atoms with Crippen molar-refractivity contribution in [1.82, 2.24) is 15.0 Å². The quantitative estimate of drug-likeness (QED) is 0.708. The van der Waals surface area contributed by atoms with E-state index in [1.807, 2.05) is 37.4 Å². The number of benzene rings is 1. The molecule has 2 aromatic heterocycles. The van der Waals surface area contributed by atoms with Crippen LogP contribution in [-0.2, 0) is 0 Å². The molecule has 0 spiro atoms. The summed E-state index contributed by atoms with van der Waals surface area (Å²) in [5, 5.41) is 5.46. The zero-order valence-corrected chi connectivity index (χ0v) is 13.1. The first kappa shape index (κ1) is 13.2. The average Bonchev–Trinajstić information content (AvgIpc) is 2.49. The van der Waals surface area contributed by atoms with Crippen LogP contribution in [0.1, 0.15) is 6.92 Å². The zero-order valence-electron chi connectivity index (χ0n) is 11.0. The van der Waals surface area contributed by atoms with Gasteiger partial charge < -0.3 is 5.32 Å². The molecule has 0 amide bonds. The van der Waals surface area contributed by atoms with Crippen LogP contribution in [-0.4, -0.2) is 21.5 Å². The number of anilines is 1. The van der Waals surface area contributed by atoms with E-state index in [9.17, 15) is 0 Å². The first-order valence-electron chi connectivity index (χ1n) is 6.40. The Kier molecular flexibility index (Phi) is 3.77. The Balaban J connectivity index is 2.18. The normalized spacial score (nSPS) is 10.7. The Hall–Kier alpha value is -1.76. The number of halogens is 1. The van der Waals surface area contributed by atoms with Gasteiger partial charge in [-0.3, -0.25) is 4.98 Å². The highest BCUT2D eigenvalue weighted by Gasteiger charge is 2.10. The van der Waals surface area contributed by atoms with Crippen molar-refractivity contribution < 1.29 is 0 Å². The van der Waals surface area contributed by atoms with Crippen LogP contribution in [0, 0.1) is 3.57 Å². The lowest BCUT2D eigenvalue weighted by molar-refractivity contribution is 1.09. The highest BCUT2D eigenvalue weighted by atomic mass is 127. The van der Waals surface area contributed by atoms with Crippen molar-refractivity contribution in [3.05, 3.63) is 46.3 Å². The molecule has 0 aliphatic rings. The largest absolute Gasteiger partial charge is 0.369 e. The number of aromatic nitrogens is 3. The molecule has 20 heavy (non-hydrogen) atoms. The molecule has 100 valence electrons. The van der Waals surface area contributed by atoms with Gasteiger partial charge in [0.1, 0.15) is 11.5 Å². The molecule has 1 N–H and O–H groups in total. The predicted octanol–water partition coefficient (Wildman–Crippen LogP) is 3.73. The van der Waals surface area contributed by atoms with Gasteiger partial charge in [-0.15, -0.1) is 0 Å². The second-order valence-electron chi connectivity index (χ2n) is 4.30. The highest BCUT2D eigenvalue weighted by Crippen LogP contribution is 2.25. The second-order valence-corrected chi connectivity index (χ2v) is 5.46. The molecule has 1 aromatic carbocycles. The van der Waals surface area contributed by atoms with Crippen molar-refractivity contribution in [3.8, 4) is 11.5 Å². The molecule has 0 aliphatic heterocycles. The third-order valence-corrected chi connectivity index (χ3v) is 3.76. The fourth-order valence-electron chi connectivity index (χ4n) is 2.07. The Morgan fingerprint density at radius 2 is 2.00 bits per heavy atom. The smallest absolute Gasteiger partial charge is 0.180 e. The van der Waals surface area contributed by atoms with Gasteiger partial charge in [0.15, 0.2) is 5.82 Å². The van der Waals surface area contributed by atoms with Gasteiger partial charge in [0.2, 0.25) is 0 Å². The molecule has 0 saturated heterocycles. The number of nitrogens with one attached hydrogen (secondary N) is 1. The molecular formula is C15H13IN4. The van der Waals surface area contributed by atoms with E-state index in [0.29, 0.717) is 5.82 Å². The van der Waals surface area contributed by atoms with E-state index in [4.69, 9.17) is 0 Å². The van der Waals surface area contributed by atoms with E-state index >= 15 is 0 Å². The maximum Gasteiger partial charge on any atom is 0.180 e. The van der Waals surface area contributed by atoms with Crippen LogP contribution < -0.4 is 5.32 Å². The second kappa shape index (κ2) is 5.70. The molecule has 3 rings (SSSR count). The van der Waals surface area contributed by atoms with Gasteiger partial charge in [0.05, 0.1) is 3.57 Å². The van der Waals surface area contributed by atoms with Crippen molar-refractivity contribution in [2.45, 2.75) is 6.92 Å². The first-order chi connectivity index (χ1) is 9.79. The Morgan fingerprint density at radius 3 is 2.85 bits per heavy atom. The Bertz CT molecular complexity index is 752. The number of hydrogen-bond acceptors (Lipinski definition) is 4. The predicted molar refractivity (Wildman–Crippen MR) is 89.6 cm³/mol. The van der Waals surface area contributed by atoms with Crippen molar-refractivity contribution in [2.24, 2.45) is 0 Å². The molecule has 0 radical (unpaired) electrons. The molecule has 3 aromatic rings. The van der Waals surface area contributed by atoms with Crippen molar-refractivity contribution in [3.63, 3.8) is 0 Å². The van der Waals surface area contributed by atoms with Crippen LogP contribution in [0.25, 0.3) is 22.3 Å². The van der Waals surface area contributed by atoms with Gasteiger partial charge in [-0.25, -0.2) is 9.97 Å². The lowest BCUT2D eigenvalue weighted by atomic mass is 10.1. The van der Waals surface area contributed by atoms with Crippen LogP contribution in [0.15, 0.2) is 42.7 Å². The van der Waals surface area contributed by atoms with Crippen molar-refractivity contribution in [1.29, 1.82) is 0 Å². The lowest BCUT2D eigenvalue weighted by Gasteiger charge is -2.08. The lowest BCUT2D eigenvalue weighted by Crippen LogP contribution is -2.04. The summed E-state index contributed by atoms with van der Waals surface area (Å²) in [4.78, 5) is 13.5. The number of hydrogen-bond donors (Lipinski definition) is 1. The maximum atomic E-state index is 4.59. The maximum absolute atomic E-state index is 4.59. The van der Waals surface area contributed by atoms with E-state index in [0.717, 1.165) is 32.4 Å². The molecule has 0 unspecified atom stereocenters. The molecule has 5 heteroatoms. The SMILES string of the molecule is CCNc1nc(-c2nccc3ccccc23)ncc1I. The van der Waals surface area contributed by atoms with Gasteiger partial charge in [-0.2, -0.15) is 0 Å². The molecular weight excluding hydrogens is 363 g/mol. The van der Waals surface area contributed by atoms with Gasteiger partial charge in [-0.05, 0) is 41.0 Å². The molecule has 4 nitrogen and oxygen atoms in total. The summed E-state index contributed by atoms with van der Waals surface area (Å²) in [6, 6.07) is 10.1. The average molecular weight is 376 g/mol.